The van der Waals surface area contributed by atoms with E-state index in [0.717, 1.165) is 61.9 Å². The minimum Gasteiger partial charge on any atom is -0.456 e. The summed E-state index contributed by atoms with van der Waals surface area (Å²) >= 11 is 0. The molecule has 1 heterocycles. The second-order valence-electron chi connectivity index (χ2n) is 16.7. The summed E-state index contributed by atoms with van der Waals surface area (Å²) in [5, 5.41) is 0. The van der Waals surface area contributed by atoms with Crippen molar-refractivity contribution in [3.05, 3.63) is 259 Å². The standard InChI is InChI=1S/C61H39NO/c1-2-18-40(19-3-1)43-20-9-15-31-58(43)62(41-34-36-46-50-26-10-16-32-59(50)63-60-33-17-11-27-51(60)52(46)38-41)42-35-37-57-53(39-42)49-25-8-14-30-56(49)61(57)54-28-12-6-23-47(54)44-21-4-5-22-45(44)48-24-7-13-29-55(48)61/h1-39H. The zero-order valence-corrected chi connectivity index (χ0v) is 34.4. The van der Waals surface area contributed by atoms with Crippen molar-refractivity contribution in [1.29, 1.82) is 0 Å². The Morgan fingerprint density at radius 2 is 0.667 bits per heavy atom. The lowest BCUT2D eigenvalue weighted by Gasteiger charge is -2.35. The number of rotatable bonds is 4. The molecule has 0 bridgehead atoms. The minimum absolute atomic E-state index is 0.551. The Morgan fingerprint density at radius 3 is 1.27 bits per heavy atom. The number of ether oxygens (including phenoxy) is 1. The fraction of sp³-hybridized carbons (Fsp3) is 0.0164. The number of benzene rings is 10. The highest BCUT2D eigenvalue weighted by Gasteiger charge is 2.49. The Hall–Kier alpha value is -8.20. The predicted molar refractivity (Wildman–Crippen MR) is 259 cm³/mol. The van der Waals surface area contributed by atoms with E-state index < -0.39 is 5.41 Å². The lowest BCUT2D eigenvalue weighted by molar-refractivity contribution is 0.488. The number of para-hydroxylation sites is 3. The van der Waals surface area contributed by atoms with Crippen LogP contribution in [0, 0.1) is 0 Å². The highest BCUT2D eigenvalue weighted by molar-refractivity contribution is 6.00. The third-order valence-electron chi connectivity index (χ3n) is 13.5. The van der Waals surface area contributed by atoms with Gasteiger partial charge in [0, 0.05) is 28.1 Å². The molecule has 63 heavy (non-hydrogen) atoms. The normalized spacial score (nSPS) is 13.0. The molecule has 10 aromatic carbocycles. The van der Waals surface area contributed by atoms with Crippen LogP contribution in [0.4, 0.5) is 17.1 Å². The van der Waals surface area contributed by atoms with Crippen LogP contribution in [0.15, 0.2) is 237 Å². The number of hydrogen-bond donors (Lipinski definition) is 0. The van der Waals surface area contributed by atoms with E-state index in [4.69, 9.17) is 4.74 Å². The van der Waals surface area contributed by atoms with E-state index in [0.29, 0.717) is 0 Å². The number of nitrogens with zero attached hydrogens (tertiary/aromatic N) is 1. The summed E-state index contributed by atoms with van der Waals surface area (Å²) in [6.07, 6.45) is 0. The van der Waals surface area contributed by atoms with Gasteiger partial charge in [0.25, 0.3) is 0 Å². The molecule has 2 heteroatoms. The second kappa shape index (κ2) is 13.9. The molecule has 0 N–H and O–H groups in total. The molecule has 3 aliphatic rings. The van der Waals surface area contributed by atoms with Crippen molar-refractivity contribution in [1.82, 2.24) is 0 Å². The first-order valence-electron chi connectivity index (χ1n) is 21.8. The molecule has 1 spiro atoms. The quantitative estimate of drug-likeness (QED) is 0.176. The van der Waals surface area contributed by atoms with Gasteiger partial charge in [-0.05, 0) is 115 Å². The summed E-state index contributed by atoms with van der Waals surface area (Å²) in [6, 6.07) is 86.7. The van der Waals surface area contributed by atoms with Gasteiger partial charge in [0.05, 0.1) is 11.1 Å². The van der Waals surface area contributed by atoms with E-state index in [1.165, 1.54) is 55.6 Å². The van der Waals surface area contributed by atoms with Gasteiger partial charge in [-0.15, -0.1) is 0 Å². The highest BCUT2D eigenvalue weighted by Crippen LogP contribution is 2.62. The van der Waals surface area contributed by atoms with Crippen LogP contribution in [-0.4, -0.2) is 0 Å². The first-order chi connectivity index (χ1) is 31.3. The van der Waals surface area contributed by atoms with E-state index in [9.17, 15) is 0 Å². The lowest BCUT2D eigenvalue weighted by atomic mass is 9.66. The summed E-state index contributed by atoms with van der Waals surface area (Å²) in [7, 11) is 0. The smallest absolute Gasteiger partial charge is 0.135 e. The van der Waals surface area contributed by atoms with Crippen LogP contribution in [-0.2, 0) is 5.41 Å². The van der Waals surface area contributed by atoms with Gasteiger partial charge in [0.15, 0.2) is 0 Å². The van der Waals surface area contributed by atoms with Crippen molar-refractivity contribution in [2.45, 2.75) is 5.41 Å². The molecule has 0 saturated carbocycles. The zero-order valence-electron chi connectivity index (χ0n) is 34.4. The Bertz CT molecular complexity index is 3390. The summed E-state index contributed by atoms with van der Waals surface area (Å²) in [5.74, 6) is 1.71. The van der Waals surface area contributed by atoms with E-state index in [1.54, 1.807) is 0 Å². The molecule has 10 aromatic rings. The Morgan fingerprint density at radius 1 is 0.270 bits per heavy atom. The average Bonchev–Trinajstić information content (AvgIpc) is 3.49. The first-order valence-corrected chi connectivity index (χ1v) is 21.8. The van der Waals surface area contributed by atoms with Crippen molar-refractivity contribution >= 4 is 17.1 Å². The maximum atomic E-state index is 6.64. The second-order valence-corrected chi connectivity index (χ2v) is 16.7. The molecule has 0 fully saturated rings. The van der Waals surface area contributed by atoms with Crippen LogP contribution in [0.25, 0.3) is 66.8 Å². The van der Waals surface area contributed by atoms with Crippen molar-refractivity contribution in [2.24, 2.45) is 0 Å². The van der Waals surface area contributed by atoms with Gasteiger partial charge >= 0.3 is 0 Å². The predicted octanol–water partition coefficient (Wildman–Crippen LogP) is 16.3. The largest absolute Gasteiger partial charge is 0.456 e. The van der Waals surface area contributed by atoms with E-state index in [2.05, 4.69) is 235 Å². The number of hydrogen-bond acceptors (Lipinski definition) is 2. The number of fused-ring (bicyclic) bond motifs is 17. The van der Waals surface area contributed by atoms with Crippen LogP contribution >= 0.6 is 0 Å². The Kier molecular flexibility index (Phi) is 7.85. The topological polar surface area (TPSA) is 12.5 Å². The first kappa shape index (κ1) is 35.5. The average molecular weight is 802 g/mol. The molecule has 2 nitrogen and oxygen atoms in total. The fourth-order valence-corrected chi connectivity index (χ4v) is 10.9. The van der Waals surface area contributed by atoms with Crippen molar-refractivity contribution in [2.75, 3.05) is 4.90 Å². The van der Waals surface area contributed by atoms with Gasteiger partial charge in [-0.3, -0.25) is 0 Å². The summed E-state index contributed by atoms with van der Waals surface area (Å²) in [6.45, 7) is 0. The van der Waals surface area contributed by atoms with Crippen LogP contribution in [0.1, 0.15) is 22.3 Å². The molecule has 294 valence electrons. The molecule has 0 unspecified atom stereocenters. The van der Waals surface area contributed by atoms with Crippen LogP contribution < -0.4 is 9.64 Å². The summed E-state index contributed by atoms with van der Waals surface area (Å²) < 4.78 is 6.64. The Labute approximate surface area is 367 Å². The molecular formula is C61H39NO. The van der Waals surface area contributed by atoms with E-state index in [1.807, 2.05) is 6.07 Å². The molecule has 13 rings (SSSR count). The molecule has 0 aromatic heterocycles. The third kappa shape index (κ3) is 5.19. The van der Waals surface area contributed by atoms with Gasteiger partial charge in [-0.1, -0.05) is 194 Å². The SMILES string of the molecule is c1ccc(-c2ccccc2N(c2ccc3c(c2)-c2ccccc2Oc2ccccc2-3)c2ccc3c(c2)-c2ccccc2C32c3ccccc3-c3ccccc3-c3ccccc32)cc1. The molecule has 2 aliphatic carbocycles. The summed E-state index contributed by atoms with van der Waals surface area (Å²) in [5.41, 5.74) is 22.2. The van der Waals surface area contributed by atoms with Crippen LogP contribution in [0.5, 0.6) is 11.5 Å². The third-order valence-corrected chi connectivity index (χ3v) is 13.5. The van der Waals surface area contributed by atoms with Gasteiger partial charge in [0.2, 0.25) is 0 Å². The van der Waals surface area contributed by atoms with Crippen molar-refractivity contribution in [3.8, 4) is 78.3 Å². The molecule has 0 amide bonds. The molecule has 1 aliphatic heterocycles. The van der Waals surface area contributed by atoms with Gasteiger partial charge < -0.3 is 9.64 Å². The highest BCUT2D eigenvalue weighted by atomic mass is 16.5. The maximum absolute atomic E-state index is 6.64. The molecule has 0 atom stereocenters. The van der Waals surface area contributed by atoms with E-state index >= 15 is 0 Å². The van der Waals surface area contributed by atoms with Gasteiger partial charge in [-0.25, -0.2) is 0 Å². The van der Waals surface area contributed by atoms with Gasteiger partial charge in [0.1, 0.15) is 11.5 Å². The van der Waals surface area contributed by atoms with Crippen LogP contribution in [0.3, 0.4) is 0 Å². The zero-order chi connectivity index (χ0) is 41.5. The maximum Gasteiger partial charge on any atom is 0.135 e. The minimum atomic E-state index is -0.551. The molecule has 0 saturated heterocycles. The number of anilines is 3. The van der Waals surface area contributed by atoms with Crippen LogP contribution in [0.2, 0.25) is 0 Å². The van der Waals surface area contributed by atoms with Gasteiger partial charge in [-0.2, -0.15) is 0 Å². The van der Waals surface area contributed by atoms with E-state index in [-0.39, 0.29) is 0 Å². The fourth-order valence-electron chi connectivity index (χ4n) is 10.9. The lowest BCUT2D eigenvalue weighted by Crippen LogP contribution is -2.29. The summed E-state index contributed by atoms with van der Waals surface area (Å²) in [4.78, 5) is 2.46. The monoisotopic (exact) mass is 801 g/mol. The van der Waals surface area contributed by atoms with Crippen molar-refractivity contribution < 1.29 is 4.74 Å². The van der Waals surface area contributed by atoms with Crippen molar-refractivity contribution in [3.63, 3.8) is 0 Å². The molecular weight excluding hydrogens is 763 g/mol. The Balaban J connectivity index is 1.09. The molecule has 0 radical (unpaired) electrons.